The van der Waals surface area contributed by atoms with Crippen LogP contribution in [0.5, 0.6) is 17.2 Å². The van der Waals surface area contributed by atoms with Gasteiger partial charge >= 0.3 is 0 Å². The number of hydrogen-bond donors (Lipinski definition) is 2. The van der Waals surface area contributed by atoms with Crippen LogP contribution in [0.25, 0.3) is 0 Å². The second-order valence-electron chi connectivity index (χ2n) is 7.13. The summed E-state index contributed by atoms with van der Waals surface area (Å²) in [6.07, 6.45) is 0. The Morgan fingerprint density at radius 2 is 1.58 bits per heavy atom. The minimum Gasteiger partial charge on any atom is -0.497 e. The molecule has 3 aromatic carbocycles. The number of carbonyl (C=O) groups is 1. The van der Waals surface area contributed by atoms with Gasteiger partial charge in [0.2, 0.25) is 10.0 Å². The fraction of sp³-hybridized carbons (Fsp3) is 0.208. The van der Waals surface area contributed by atoms with Crippen LogP contribution in [0.1, 0.15) is 18.5 Å². The first-order chi connectivity index (χ1) is 15.8. The lowest BCUT2D eigenvalue weighted by atomic mass is 10.1. The van der Waals surface area contributed by atoms with Crippen molar-refractivity contribution in [2.45, 2.75) is 17.9 Å². The van der Waals surface area contributed by atoms with Gasteiger partial charge in [-0.15, -0.1) is 0 Å². The van der Waals surface area contributed by atoms with E-state index in [4.69, 9.17) is 14.2 Å². The Morgan fingerprint density at radius 3 is 2.21 bits per heavy atom. The van der Waals surface area contributed by atoms with Crippen molar-refractivity contribution in [1.82, 2.24) is 4.72 Å². The molecule has 0 aliphatic carbocycles. The number of nitrogens with one attached hydrogen (secondary N) is 2. The highest BCUT2D eigenvalue weighted by atomic mass is 32.2. The lowest BCUT2D eigenvalue weighted by Gasteiger charge is -2.15. The molecular weight excluding hydrogens is 444 g/mol. The SMILES string of the molecule is COc1ccc(NC(=O)COc2ccc(S(=O)(=O)N[C@@H](C)c3ccccc3)cc2)c(OC)c1. The molecule has 9 heteroatoms. The van der Waals surface area contributed by atoms with Crippen LogP contribution >= 0.6 is 0 Å². The summed E-state index contributed by atoms with van der Waals surface area (Å²) in [5, 5.41) is 2.71. The van der Waals surface area contributed by atoms with E-state index in [0.29, 0.717) is 22.9 Å². The average molecular weight is 471 g/mol. The molecule has 0 aliphatic heterocycles. The van der Waals surface area contributed by atoms with Gasteiger partial charge in [-0.3, -0.25) is 4.79 Å². The summed E-state index contributed by atoms with van der Waals surface area (Å²) in [5.74, 6) is 1.02. The Labute approximate surface area is 193 Å². The monoisotopic (exact) mass is 470 g/mol. The van der Waals surface area contributed by atoms with Crippen LogP contribution in [0, 0.1) is 0 Å². The molecule has 3 rings (SSSR count). The fourth-order valence-corrected chi connectivity index (χ4v) is 4.29. The standard InChI is InChI=1S/C24H26N2O6S/c1-17(18-7-5-4-6-8-18)26-33(28,29)21-12-9-19(10-13-21)32-16-24(27)25-22-14-11-20(30-2)15-23(22)31-3/h4-15,17,26H,16H2,1-3H3,(H,25,27)/t17-/m0/s1. The molecule has 0 unspecified atom stereocenters. The largest absolute Gasteiger partial charge is 0.497 e. The van der Waals surface area contributed by atoms with Crippen LogP contribution in [-0.4, -0.2) is 35.2 Å². The van der Waals surface area contributed by atoms with Gasteiger partial charge in [0.05, 0.1) is 24.8 Å². The minimum absolute atomic E-state index is 0.102. The van der Waals surface area contributed by atoms with Crippen LogP contribution < -0.4 is 24.2 Å². The molecule has 174 valence electrons. The molecule has 0 fully saturated rings. The highest BCUT2D eigenvalue weighted by Crippen LogP contribution is 2.29. The molecule has 0 spiro atoms. The van der Waals surface area contributed by atoms with E-state index < -0.39 is 15.9 Å². The third kappa shape index (κ3) is 6.47. The van der Waals surface area contributed by atoms with Crippen LogP contribution in [0.15, 0.2) is 77.7 Å². The molecule has 3 aromatic rings. The Balaban J connectivity index is 1.57. The van der Waals surface area contributed by atoms with Crippen molar-refractivity contribution < 1.29 is 27.4 Å². The van der Waals surface area contributed by atoms with Crippen molar-refractivity contribution in [3.8, 4) is 17.2 Å². The number of sulfonamides is 1. The van der Waals surface area contributed by atoms with E-state index in [9.17, 15) is 13.2 Å². The summed E-state index contributed by atoms with van der Waals surface area (Å²) >= 11 is 0. The number of amides is 1. The Morgan fingerprint density at radius 1 is 0.909 bits per heavy atom. The molecule has 1 atom stereocenters. The van der Waals surface area contributed by atoms with Crippen LogP contribution in [0.3, 0.4) is 0 Å². The first kappa shape index (κ1) is 24.1. The zero-order valence-electron chi connectivity index (χ0n) is 18.6. The smallest absolute Gasteiger partial charge is 0.262 e. The fourth-order valence-electron chi connectivity index (χ4n) is 3.06. The summed E-state index contributed by atoms with van der Waals surface area (Å²) in [6.45, 7) is 1.52. The Kier molecular flexibility index (Phi) is 7.92. The zero-order chi connectivity index (χ0) is 23.8. The van der Waals surface area contributed by atoms with E-state index in [-0.39, 0.29) is 17.5 Å². The molecule has 0 saturated carbocycles. The normalized spacial score (nSPS) is 12.0. The van der Waals surface area contributed by atoms with Crippen LogP contribution in [0.4, 0.5) is 5.69 Å². The topological polar surface area (TPSA) is 103 Å². The maximum atomic E-state index is 12.7. The molecule has 33 heavy (non-hydrogen) atoms. The second-order valence-corrected chi connectivity index (χ2v) is 8.84. The van der Waals surface area contributed by atoms with Crippen LogP contribution in [0.2, 0.25) is 0 Å². The number of rotatable bonds is 10. The van der Waals surface area contributed by atoms with Crippen molar-refractivity contribution >= 4 is 21.6 Å². The van der Waals surface area contributed by atoms with Crippen molar-refractivity contribution in [1.29, 1.82) is 0 Å². The van der Waals surface area contributed by atoms with Gasteiger partial charge in [0, 0.05) is 12.1 Å². The third-order valence-corrected chi connectivity index (χ3v) is 6.37. The molecule has 0 saturated heterocycles. The van der Waals surface area contributed by atoms with E-state index in [1.54, 1.807) is 25.1 Å². The molecule has 8 nitrogen and oxygen atoms in total. The summed E-state index contributed by atoms with van der Waals surface area (Å²) in [5.41, 5.74) is 1.34. The summed E-state index contributed by atoms with van der Waals surface area (Å²) < 4.78 is 43.9. The maximum absolute atomic E-state index is 12.7. The lowest BCUT2D eigenvalue weighted by molar-refractivity contribution is -0.118. The number of anilines is 1. The van der Waals surface area contributed by atoms with Gasteiger partial charge in [-0.1, -0.05) is 30.3 Å². The van der Waals surface area contributed by atoms with E-state index in [1.807, 2.05) is 30.3 Å². The number of ether oxygens (including phenoxy) is 3. The summed E-state index contributed by atoms with van der Waals surface area (Å²) in [4.78, 5) is 12.4. The number of benzene rings is 3. The average Bonchev–Trinajstić information content (AvgIpc) is 2.83. The maximum Gasteiger partial charge on any atom is 0.262 e. The molecule has 0 heterocycles. The third-order valence-electron chi connectivity index (χ3n) is 4.82. The van der Waals surface area contributed by atoms with Gasteiger partial charge in [-0.25, -0.2) is 13.1 Å². The molecule has 0 bridgehead atoms. The highest BCUT2D eigenvalue weighted by molar-refractivity contribution is 7.89. The van der Waals surface area contributed by atoms with Gasteiger partial charge in [0.1, 0.15) is 17.2 Å². The van der Waals surface area contributed by atoms with E-state index in [2.05, 4.69) is 10.0 Å². The predicted octanol–water partition coefficient (Wildman–Crippen LogP) is 3.76. The van der Waals surface area contributed by atoms with E-state index >= 15 is 0 Å². The van der Waals surface area contributed by atoms with Crippen molar-refractivity contribution in [2.75, 3.05) is 26.1 Å². The van der Waals surface area contributed by atoms with Crippen molar-refractivity contribution in [3.63, 3.8) is 0 Å². The lowest BCUT2D eigenvalue weighted by Crippen LogP contribution is -2.26. The summed E-state index contributed by atoms with van der Waals surface area (Å²) in [6, 6.07) is 19.8. The van der Waals surface area contributed by atoms with Gasteiger partial charge in [0.15, 0.2) is 6.61 Å². The molecule has 2 N–H and O–H groups in total. The number of methoxy groups -OCH3 is 2. The Bertz CT molecular complexity index is 1180. The van der Waals surface area contributed by atoms with Gasteiger partial charge in [0.25, 0.3) is 5.91 Å². The molecule has 0 aromatic heterocycles. The molecular formula is C24H26N2O6S. The van der Waals surface area contributed by atoms with Gasteiger partial charge in [-0.2, -0.15) is 0 Å². The van der Waals surface area contributed by atoms with Crippen molar-refractivity contribution in [3.05, 3.63) is 78.4 Å². The van der Waals surface area contributed by atoms with Gasteiger partial charge < -0.3 is 19.5 Å². The highest BCUT2D eigenvalue weighted by Gasteiger charge is 2.18. The minimum atomic E-state index is -3.72. The first-order valence-corrected chi connectivity index (χ1v) is 11.6. The van der Waals surface area contributed by atoms with Gasteiger partial charge in [-0.05, 0) is 48.9 Å². The summed E-state index contributed by atoms with van der Waals surface area (Å²) in [7, 11) is -0.688. The molecule has 0 aliphatic rings. The van der Waals surface area contributed by atoms with E-state index in [1.165, 1.54) is 38.5 Å². The Hall–Kier alpha value is -3.56. The first-order valence-electron chi connectivity index (χ1n) is 10.1. The molecule has 0 radical (unpaired) electrons. The van der Waals surface area contributed by atoms with Crippen molar-refractivity contribution in [2.24, 2.45) is 0 Å². The number of carbonyl (C=O) groups excluding carboxylic acids is 1. The van der Waals surface area contributed by atoms with Crippen LogP contribution in [-0.2, 0) is 14.8 Å². The molecule has 1 amide bonds. The predicted molar refractivity (Wildman–Crippen MR) is 125 cm³/mol. The van der Waals surface area contributed by atoms with E-state index in [0.717, 1.165) is 5.56 Å². The number of hydrogen-bond acceptors (Lipinski definition) is 6. The zero-order valence-corrected chi connectivity index (χ0v) is 19.4. The second kappa shape index (κ2) is 10.8. The quantitative estimate of drug-likeness (QED) is 0.468.